The Morgan fingerprint density at radius 1 is 0.894 bits per heavy atom. The molecule has 0 unspecified atom stereocenters. The zero-order valence-corrected chi connectivity index (χ0v) is 27.5. The Morgan fingerprint density at radius 2 is 1.57 bits per heavy atom. The van der Waals surface area contributed by atoms with Gasteiger partial charge < -0.3 is 19.7 Å². The second kappa shape index (κ2) is 17.5. The second-order valence-electron chi connectivity index (χ2n) is 10.6. The first-order chi connectivity index (χ1) is 22.6. The molecule has 0 aliphatic heterocycles. The first-order valence-corrected chi connectivity index (χ1v) is 17.0. The van der Waals surface area contributed by atoms with Crippen molar-refractivity contribution < 1.29 is 31.9 Å². The third-order valence-corrected chi connectivity index (χ3v) is 8.75. The normalized spacial score (nSPS) is 11.8. The fraction of sp³-hybridized carbons (Fsp3) is 0.257. The molecule has 248 valence electrons. The fourth-order valence-corrected chi connectivity index (χ4v) is 5.85. The molecule has 4 aromatic carbocycles. The molecule has 0 heterocycles. The summed E-state index contributed by atoms with van der Waals surface area (Å²) in [6.07, 6.45) is 0.891. The molecule has 2 amide bonds. The maximum absolute atomic E-state index is 13.8. The van der Waals surface area contributed by atoms with Gasteiger partial charge in [-0.25, -0.2) is 12.8 Å². The minimum Gasteiger partial charge on any atom is -0.484 e. The van der Waals surface area contributed by atoms with Crippen molar-refractivity contribution in [3.8, 4) is 5.75 Å². The smallest absolute Gasteiger partial charge is 0.261 e. The van der Waals surface area contributed by atoms with Gasteiger partial charge in [0, 0.05) is 43.4 Å². The number of halogens is 2. The number of ether oxygens (including phenoxy) is 2. The van der Waals surface area contributed by atoms with E-state index in [9.17, 15) is 22.4 Å². The van der Waals surface area contributed by atoms with Gasteiger partial charge in [0.15, 0.2) is 6.61 Å². The van der Waals surface area contributed by atoms with Crippen molar-refractivity contribution >= 4 is 39.1 Å². The van der Waals surface area contributed by atoms with Crippen LogP contribution in [0, 0.1) is 5.82 Å². The zero-order valence-electron chi connectivity index (χ0n) is 25.9. The Balaban J connectivity index is 1.51. The monoisotopic (exact) mass is 681 g/mol. The van der Waals surface area contributed by atoms with E-state index in [0.717, 1.165) is 23.3 Å². The Hall–Kier alpha value is -4.45. The van der Waals surface area contributed by atoms with E-state index in [1.807, 2.05) is 37.3 Å². The second-order valence-corrected chi connectivity index (χ2v) is 12.7. The maximum Gasteiger partial charge on any atom is 0.261 e. The lowest BCUT2D eigenvalue weighted by molar-refractivity contribution is -0.142. The first kappa shape index (κ1) is 35.4. The Kier molecular flexibility index (Phi) is 13.2. The molecule has 0 bridgehead atoms. The molecule has 0 saturated heterocycles. The summed E-state index contributed by atoms with van der Waals surface area (Å²) in [5, 5.41) is 3.49. The fourth-order valence-electron chi connectivity index (χ4n) is 4.66. The van der Waals surface area contributed by atoms with Crippen LogP contribution in [0.5, 0.6) is 5.75 Å². The lowest BCUT2D eigenvalue weighted by Crippen LogP contribution is -2.51. The van der Waals surface area contributed by atoms with Crippen LogP contribution >= 0.6 is 11.6 Å². The van der Waals surface area contributed by atoms with Crippen LogP contribution in [0.4, 0.5) is 10.1 Å². The molecule has 0 aromatic heterocycles. The number of carbonyl (C=O) groups is 2. The number of carbonyl (C=O) groups excluding carboxylic acids is 2. The molecular weight excluding hydrogens is 645 g/mol. The molecule has 9 nitrogen and oxygen atoms in total. The predicted octanol–water partition coefficient (Wildman–Crippen LogP) is 5.84. The van der Waals surface area contributed by atoms with Crippen molar-refractivity contribution in [3.63, 3.8) is 0 Å². The molecule has 4 rings (SSSR count). The number of rotatable bonds is 17. The van der Waals surface area contributed by atoms with E-state index < -0.39 is 34.4 Å². The summed E-state index contributed by atoms with van der Waals surface area (Å²) in [5.41, 5.74) is 1.86. The van der Waals surface area contributed by atoms with Gasteiger partial charge in [0.2, 0.25) is 5.91 Å². The highest BCUT2D eigenvalue weighted by Gasteiger charge is 2.30. The third kappa shape index (κ3) is 11.1. The molecule has 0 fully saturated rings. The van der Waals surface area contributed by atoms with Gasteiger partial charge >= 0.3 is 0 Å². The number of anilines is 1. The lowest BCUT2D eigenvalue weighted by atomic mass is 10.0. The summed E-state index contributed by atoms with van der Waals surface area (Å²) in [4.78, 5) is 28.9. The molecule has 2 N–H and O–H groups in total. The number of nitrogens with zero attached hydrogens (tertiary/aromatic N) is 1. The van der Waals surface area contributed by atoms with Gasteiger partial charge in [-0.15, -0.1) is 0 Å². The van der Waals surface area contributed by atoms with E-state index in [4.69, 9.17) is 21.1 Å². The number of nitrogens with one attached hydrogen (secondary N) is 2. The SMILES string of the molecule is CCOCCCNC(=O)[C@H](Cc1ccccc1)N(Cc1ccc(Cl)cc1)C(=O)COc1ccc(S(=O)(=O)Nc2ccc(F)cc2)cc1. The molecule has 0 aliphatic rings. The number of hydrogen-bond donors (Lipinski definition) is 2. The van der Waals surface area contributed by atoms with Gasteiger partial charge in [-0.2, -0.15) is 0 Å². The van der Waals surface area contributed by atoms with Crippen LogP contribution in [-0.4, -0.2) is 57.5 Å². The van der Waals surface area contributed by atoms with Gasteiger partial charge in [0.1, 0.15) is 17.6 Å². The van der Waals surface area contributed by atoms with E-state index in [1.165, 1.54) is 41.3 Å². The minimum atomic E-state index is -3.95. The maximum atomic E-state index is 13.8. The average molecular weight is 682 g/mol. The topological polar surface area (TPSA) is 114 Å². The molecule has 0 spiro atoms. The Labute approximate surface area is 279 Å². The van der Waals surface area contributed by atoms with Crippen LogP contribution in [0.25, 0.3) is 0 Å². The zero-order chi connectivity index (χ0) is 33.6. The quantitative estimate of drug-likeness (QED) is 0.135. The highest BCUT2D eigenvalue weighted by molar-refractivity contribution is 7.92. The van der Waals surface area contributed by atoms with Crippen LogP contribution in [0.3, 0.4) is 0 Å². The van der Waals surface area contributed by atoms with E-state index in [1.54, 1.807) is 24.3 Å². The molecule has 12 heteroatoms. The van der Waals surface area contributed by atoms with Crippen LogP contribution in [0.2, 0.25) is 5.02 Å². The highest BCUT2D eigenvalue weighted by Crippen LogP contribution is 2.21. The van der Waals surface area contributed by atoms with Crippen molar-refractivity contribution in [2.45, 2.75) is 37.2 Å². The van der Waals surface area contributed by atoms with Crippen LogP contribution < -0.4 is 14.8 Å². The van der Waals surface area contributed by atoms with Gasteiger partial charge in [-0.05, 0) is 85.1 Å². The predicted molar refractivity (Wildman–Crippen MR) is 179 cm³/mol. The summed E-state index contributed by atoms with van der Waals surface area (Å²) < 4.78 is 52.4. The van der Waals surface area contributed by atoms with Gasteiger partial charge in [-0.1, -0.05) is 54.1 Å². The van der Waals surface area contributed by atoms with Gasteiger partial charge in [0.05, 0.1) is 4.90 Å². The Bertz CT molecular complexity index is 1690. The molecule has 0 radical (unpaired) electrons. The molecule has 1 atom stereocenters. The van der Waals surface area contributed by atoms with Crippen LogP contribution in [0.1, 0.15) is 24.5 Å². The van der Waals surface area contributed by atoms with Gasteiger partial charge in [-0.3, -0.25) is 14.3 Å². The number of sulfonamides is 1. The van der Waals surface area contributed by atoms with Crippen molar-refractivity contribution in [1.82, 2.24) is 10.2 Å². The molecular formula is C35H37ClFN3O6S. The highest BCUT2D eigenvalue weighted by atomic mass is 35.5. The third-order valence-electron chi connectivity index (χ3n) is 7.10. The standard InChI is InChI=1S/C35H37ClFN3O6S/c1-2-45-22-6-21-38-35(42)33(23-26-7-4-3-5-8-26)40(24-27-9-11-28(36)12-10-27)34(41)25-46-31-17-19-32(20-18-31)47(43,44)39-30-15-13-29(37)14-16-30/h3-5,7-20,33,39H,2,6,21-25H2,1H3,(H,38,42)/t33-/m0/s1. The van der Waals surface area contributed by atoms with E-state index in [-0.39, 0.29) is 35.2 Å². The number of hydrogen-bond acceptors (Lipinski definition) is 6. The summed E-state index contributed by atoms with van der Waals surface area (Å²) in [6, 6.07) is 26.1. The number of benzene rings is 4. The van der Waals surface area contributed by atoms with E-state index in [0.29, 0.717) is 31.2 Å². The van der Waals surface area contributed by atoms with Crippen molar-refractivity contribution in [2.75, 3.05) is 31.1 Å². The summed E-state index contributed by atoms with van der Waals surface area (Å²) >= 11 is 6.10. The summed E-state index contributed by atoms with van der Waals surface area (Å²) in [5.74, 6) is -0.985. The largest absolute Gasteiger partial charge is 0.484 e. The Morgan fingerprint density at radius 3 is 2.23 bits per heavy atom. The molecule has 0 aliphatic carbocycles. The molecule has 0 saturated carbocycles. The minimum absolute atomic E-state index is 0.0474. The average Bonchev–Trinajstić information content (AvgIpc) is 3.07. The first-order valence-electron chi connectivity index (χ1n) is 15.1. The van der Waals surface area contributed by atoms with Crippen molar-refractivity contribution in [2.24, 2.45) is 0 Å². The van der Waals surface area contributed by atoms with Crippen LogP contribution in [0.15, 0.2) is 108 Å². The van der Waals surface area contributed by atoms with Crippen molar-refractivity contribution in [1.29, 1.82) is 0 Å². The van der Waals surface area contributed by atoms with Crippen molar-refractivity contribution in [3.05, 3.63) is 125 Å². The molecule has 47 heavy (non-hydrogen) atoms. The van der Waals surface area contributed by atoms with E-state index >= 15 is 0 Å². The number of amides is 2. The van der Waals surface area contributed by atoms with Gasteiger partial charge in [0.25, 0.3) is 15.9 Å². The molecule has 4 aromatic rings. The summed E-state index contributed by atoms with van der Waals surface area (Å²) in [7, 11) is -3.95. The summed E-state index contributed by atoms with van der Waals surface area (Å²) in [6.45, 7) is 3.09. The van der Waals surface area contributed by atoms with Crippen LogP contribution in [-0.2, 0) is 37.3 Å². The van der Waals surface area contributed by atoms with E-state index in [2.05, 4.69) is 10.0 Å². The lowest BCUT2D eigenvalue weighted by Gasteiger charge is -2.31.